The summed E-state index contributed by atoms with van der Waals surface area (Å²) >= 11 is 0. The van der Waals surface area contributed by atoms with Crippen molar-refractivity contribution in [2.24, 2.45) is 28.6 Å². The van der Waals surface area contributed by atoms with Crippen LogP contribution in [0.15, 0.2) is 41.5 Å². The summed E-state index contributed by atoms with van der Waals surface area (Å²) in [5.74, 6) is 1.53. The molecule has 0 saturated heterocycles. The highest BCUT2D eigenvalue weighted by molar-refractivity contribution is 6.05. The number of aliphatic hydroxyl groups excluding tert-OH is 1. The zero-order chi connectivity index (χ0) is 20.4. The van der Waals surface area contributed by atoms with Crippen LogP contribution in [0.1, 0.15) is 64.4 Å². The second kappa shape index (κ2) is 6.63. The fraction of sp³-hybridized carbons (Fsp3) is 0.577. The SMILES string of the molecule is CC12CCC3C(CC=C4CC(O)CCC43C)C1CC(=Cc1cccc(F)c1)C2=O. The quantitative estimate of drug-likeness (QED) is 0.489. The van der Waals surface area contributed by atoms with Gasteiger partial charge in [-0.25, -0.2) is 4.39 Å². The minimum absolute atomic E-state index is 0.182. The summed E-state index contributed by atoms with van der Waals surface area (Å²) in [6, 6.07) is 6.54. The van der Waals surface area contributed by atoms with Crippen LogP contribution in [-0.4, -0.2) is 17.0 Å². The van der Waals surface area contributed by atoms with Crippen LogP contribution in [0.4, 0.5) is 4.39 Å². The van der Waals surface area contributed by atoms with E-state index in [0.717, 1.165) is 56.1 Å². The zero-order valence-corrected chi connectivity index (χ0v) is 17.5. The Balaban J connectivity index is 1.48. The van der Waals surface area contributed by atoms with E-state index in [2.05, 4.69) is 19.9 Å². The minimum atomic E-state index is -0.282. The van der Waals surface area contributed by atoms with Crippen molar-refractivity contribution in [1.82, 2.24) is 0 Å². The Morgan fingerprint density at radius 1 is 1.10 bits per heavy atom. The molecule has 1 N–H and O–H groups in total. The number of ketones is 1. The lowest BCUT2D eigenvalue weighted by atomic mass is 9.48. The van der Waals surface area contributed by atoms with Crippen LogP contribution in [0.3, 0.4) is 0 Å². The molecular formula is C26H31FO2. The normalized spacial score (nSPS) is 42.8. The molecule has 0 radical (unpaired) electrons. The fourth-order valence-corrected chi connectivity index (χ4v) is 7.24. The second-order valence-corrected chi connectivity index (χ2v) is 10.4. The highest BCUT2D eigenvalue weighted by Gasteiger charge is 2.59. The lowest BCUT2D eigenvalue weighted by Crippen LogP contribution is -2.50. The summed E-state index contributed by atoms with van der Waals surface area (Å²) < 4.78 is 13.6. The van der Waals surface area contributed by atoms with Gasteiger partial charge in [-0.1, -0.05) is 37.6 Å². The molecule has 0 bridgehead atoms. The van der Waals surface area contributed by atoms with Crippen LogP contribution < -0.4 is 0 Å². The summed E-state index contributed by atoms with van der Waals surface area (Å²) in [7, 11) is 0. The Labute approximate surface area is 172 Å². The number of carbonyl (C=O) groups is 1. The van der Waals surface area contributed by atoms with E-state index in [1.807, 2.05) is 12.1 Å². The highest BCUT2D eigenvalue weighted by Crippen LogP contribution is 2.64. The second-order valence-electron chi connectivity index (χ2n) is 10.4. The van der Waals surface area contributed by atoms with E-state index in [-0.39, 0.29) is 28.5 Å². The first-order valence-corrected chi connectivity index (χ1v) is 11.2. The number of halogens is 1. The van der Waals surface area contributed by atoms with Crippen molar-refractivity contribution in [3.63, 3.8) is 0 Å². The van der Waals surface area contributed by atoms with Crippen molar-refractivity contribution in [2.45, 2.75) is 64.9 Å². The number of allylic oxidation sites excluding steroid dienone is 2. The maximum atomic E-state index is 13.6. The Morgan fingerprint density at radius 2 is 1.90 bits per heavy atom. The number of aliphatic hydroxyl groups is 1. The van der Waals surface area contributed by atoms with Crippen LogP contribution in [0.2, 0.25) is 0 Å². The van der Waals surface area contributed by atoms with Crippen molar-refractivity contribution in [3.05, 3.63) is 52.9 Å². The van der Waals surface area contributed by atoms with Crippen LogP contribution in [0, 0.1) is 34.4 Å². The van der Waals surface area contributed by atoms with Crippen molar-refractivity contribution >= 4 is 11.9 Å². The van der Waals surface area contributed by atoms with Gasteiger partial charge in [-0.05, 0) is 97.5 Å². The first kappa shape index (κ1) is 19.2. The van der Waals surface area contributed by atoms with Crippen LogP contribution in [-0.2, 0) is 4.79 Å². The summed E-state index contributed by atoms with van der Waals surface area (Å²) in [5, 5.41) is 10.2. The molecule has 1 aromatic rings. The molecule has 29 heavy (non-hydrogen) atoms. The first-order chi connectivity index (χ1) is 13.8. The molecule has 3 fully saturated rings. The molecule has 0 aromatic heterocycles. The molecule has 5 rings (SSSR count). The third-order valence-electron chi connectivity index (χ3n) is 8.91. The predicted molar refractivity (Wildman–Crippen MR) is 112 cm³/mol. The lowest BCUT2D eigenvalue weighted by molar-refractivity contribution is -0.130. The average Bonchev–Trinajstić information content (AvgIpc) is 2.93. The molecule has 4 aliphatic carbocycles. The van der Waals surface area contributed by atoms with Gasteiger partial charge < -0.3 is 5.11 Å². The Morgan fingerprint density at radius 3 is 2.69 bits per heavy atom. The van der Waals surface area contributed by atoms with Gasteiger partial charge in [0.05, 0.1) is 6.10 Å². The first-order valence-electron chi connectivity index (χ1n) is 11.2. The molecule has 154 valence electrons. The number of benzene rings is 1. The molecule has 0 aliphatic heterocycles. The van der Waals surface area contributed by atoms with Gasteiger partial charge in [0.25, 0.3) is 0 Å². The average molecular weight is 395 g/mol. The smallest absolute Gasteiger partial charge is 0.165 e. The topological polar surface area (TPSA) is 37.3 Å². The third kappa shape index (κ3) is 2.88. The van der Waals surface area contributed by atoms with Gasteiger partial charge in [0, 0.05) is 5.41 Å². The Kier molecular flexibility index (Phi) is 4.40. The lowest BCUT2D eigenvalue weighted by Gasteiger charge is -2.56. The van der Waals surface area contributed by atoms with E-state index in [9.17, 15) is 14.3 Å². The molecule has 0 heterocycles. The van der Waals surface area contributed by atoms with Crippen LogP contribution >= 0.6 is 0 Å². The number of Topliss-reactive ketones (excluding diaryl/α,β-unsaturated/α-hetero) is 1. The monoisotopic (exact) mass is 394 g/mol. The number of fused-ring (bicyclic) bond motifs is 5. The number of hydrogen-bond donors (Lipinski definition) is 1. The van der Waals surface area contributed by atoms with Crippen LogP contribution in [0.5, 0.6) is 0 Å². The fourth-order valence-electron chi connectivity index (χ4n) is 7.24. The molecule has 3 heteroatoms. The van der Waals surface area contributed by atoms with Gasteiger partial charge in [-0.2, -0.15) is 0 Å². The molecule has 0 amide bonds. The summed E-state index contributed by atoms with van der Waals surface area (Å²) in [6.45, 7) is 4.58. The van der Waals surface area contributed by atoms with Gasteiger partial charge in [0.15, 0.2) is 5.78 Å². The standard InChI is InChI=1S/C26H31FO2/c1-25-10-8-20(28)15-18(25)6-7-21-22(25)9-11-26(2)23(21)14-17(24(26)29)12-16-4-3-5-19(27)13-16/h3-6,12-13,20-23,28H,7-11,14-15H2,1-2H3. The largest absolute Gasteiger partial charge is 0.393 e. The van der Waals surface area contributed by atoms with E-state index >= 15 is 0 Å². The molecule has 1 aromatic carbocycles. The van der Waals surface area contributed by atoms with E-state index in [0.29, 0.717) is 17.8 Å². The van der Waals surface area contributed by atoms with Crippen molar-refractivity contribution in [2.75, 3.05) is 0 Å². The third-order valence-corrected chi connectivity index (χ3v) is 8.91. The highest BCUT2D eigenvalue weighted by atomic mass is 19.1. The van der Waals surface area contributed by atoms with E-state index in [1.54, 1.807) is 6.07 Å². The molecule has 4 aliphatic rings. The summed E-state index contributed by atoms with van der Waals surface area (Å²) in [6.07, 6.45) is 10.8. The number of rotatable bonds is 1. The van der Waals surface area contributed by atoms with Gasteiger partial charge in [-0.3, -0.25) is 4.79 Å². The maximum absolute atomic E-state index is 13.6. The maximum Gasteiger partial charge on any atom is 0.165 e. The van der Waals surface area contributed by atoms with Crippen molar-refractivity contribution in [3.8, 4) is 0 Å². The molecule has 6 atom stereocenters. The Bertz CT molecular complexity index is 915. The van der Waals surface area contributed by atoms with Gasteiger partial charge in [0.1, 0.15) is 5.82 Å². The van der Waals surface area contributed by atoms with Crippen molar-refractivity contribution in [1.29, 1.82) is 0 Å². The number of carbonyl (C=O) groups excluding carboxylic acids is 1. The van der Waals surface area contributed by atoms with Crippen LogP contribution in [0.25, 0.3) is 6.08 Å². The van der Waals surface area contributed by atoms with Gasteiger partial charge in [0.2, 0.25) is 0 Å². The number of hydrogen-bond acceptors (Lipinski definition) is 2. The molecule has 3 saturated carbocycles. The van der Waals surface area contributed by atoms with E-state index < -0.39 is 0 Å². The summed E-state index contributed by atoms with van der Waals surface area (Å²) in [4.78, 5) is 13.4. The van der Waals surface area contributed by atoms with E-state index in [1.165, 1.54) is 17.7 Å². The van der Waals surface area contributed by atoms with Crippen molar-refractivity contribution < 1.29 is 14.3 Å². The molecular weight excluding hydrogens is 363 g/mol. The van der Waals surface area contributed by atoms with Gasteiger partial charge in [-0.15, -0.1) is 0 Å². The molecule has 0 spiro atoms. The zero-order valence-electron chi connectivity index (χ0n) is 17.5. The molecule has 2 nitrogen and oxygen atoms in total. The predicted octanol–water partition coefficient (Wildman–Crippen LogP) is 5.71. The molecule has 6 unspecified atom stereocenters. The minimum Gasteiger partial charge on any atom is -0.393 e. The Hall–Kier alpha value is -1.74. The summed E-state index contributed by atoms with van der Waals surface area (Å²) in [5.41, 5.74) is 3.02. The van der Waals surface area contributed by atoms with Gasteiger partial charge >= 0.3 is 0 Å². The van der Waals surface area contributed by atoms with E-state index in [4.69, 9.17) is 0 Å².